The molecule has 0 N–H and O–H groups in total. The molecular formula is C17H19NO2S. The van der Waals surface area contributed by atoms with Crippen LogP contribution in [0.1, 0.15) is 18.1 Å². The molecule has 0 saturated heterocycles. The largest absolute Gasteiger partial charge is 0.269 e. The fourth-order valence-electron chi connectivity index (χ4n) is 2.87. The van der Waals surface area contributed by atoms with E-state index in [1.807, 2.05) is 54.6 Å². The van der Waals surface area contributed by atoms with E-state index >= 15 is 0 Å². The smallest absolute Gasteiger partial charge is 0.239 e. The summed E-state index contributed by atoms with van der Waals surface area (Å²) in [5.74, 6) is 0.389. The van der Waals surface area contributed by atoms with E-state index in [9.17, 15) is 8.42 Å². The van der Waals surface area contributed by atoms with Gasteiger partial charge in [0.2, 0.25) is 10.0 Å². The number of sulfonamides is 1. The fourth-order valence-corrected chi connectivity index (χ4v) is 4.60. The van der Waals surface area contributed by atoms with Gasteiger partial charge in [-0.3, -0.25) is 4.31 Å². The van der Waals surface area contributed by atoms with Gasteiger partial charge in [0.25, 0.3) is 0 Å². The molecule has 21 heavy (non-hydrogen) atoms. The van der Waals surface area contributed by atoms with E-state index in [0.717, 1.165) is 23.2 Å². The van der Waals surface area contributed by atoms with Crippen LogP contribution in [0, 0.1) is 5.92 Å². The summed E-state index contributed by atoms with van der Waals surface area (Å²) in [6.45, 7) is 2.66. The maximum absolute atomic E-state index is 12.8. The molecule has 4 heteroatoms. The third-order valence-corrected chi connectivity index (χ3v) is 5.55. The fraction of sp³-hybridized carbons (Fsp3) is 0.294. The minimum absolute atomic E-state index is 0.0505. The van der Waals surface area contributed by atoms with Crippen molar-refractivity contribution in [3.63, 3.8) is 0 Å². The van der Waals surface area contributed by atoms with Crippen molar-refractivity contribution in [1.82, 2.24) is 0 Å². The molecule has 1 unspecified atom stereocenters. The summed E-state index contributed by atoms with van der Waals surface area (Å²) in [7, 11) is -3.35. The van der Waals surface area contributed by atoms with Crippen LogP contribution in [0.5, 0.6) is 0 Å². The first kappa shape index (κ1) is 14.1. The second kappa shape index (κ2) is 5.53. The van der Waals surface area contributed by atoms with Crippen LogP contribution in [0.2, 0.25) is 0 Å². The van der Waals surface area contributed by atoms with E-state index in [4.69, 9.17) is 0 Å². The molecule has 1 atom stereocenters. The van der Waals surface area contributed by atoms with Crippen molar-refractivity contribution in [3.05, 3.63) is 65.7 Å². The first-order chi connectivity index (χ1) is 10.1. The molecule has 0 spiro atoms. The Kier molecular flexibility index (Phi) is 3.72. The second-order valence-electron chi connectivity index (χ2n) is 5.71. The number of anilines is 1. The molecule has 0 amide bonds. The van der Waals surface area contributed by atoms with E-state index in [0.29, 0.717) is 12.5 Å². The minimum Gasteiger partial charge on any atom is -0.269 e. The third kappa shape index (κ3) is 2.95. The Morgan fingerprint density at radius 1 is 1.05 bits per heavy atom. The van der Waals surface area contributed by atoms with Crippen LogP contribution in [0.3, 0.4) is 0 Å². The molecule has 1 aliphatic heterocycles. The lowest BCUT2D eigenvalue weighted by Crippen LogP contribution is -2.39. The highest BCUT2D eigenvalue weighted by atomic mass is 32.2. The highest BCUT2D eigenvalue weighted by Gasteiger charge is 2.30. The average Bonchev–Trinajstić information content (AvgIpc) is 2.47. The molecule has 3 nitrogen and oxygen atoms in total. The maximum atomic E-state index is 12.8. The number of hydrogen-bond donors (Lipinski definition) is 0. The van der Waals surface area contributed by atoms with Crippen LogP contribution in [0.25, 0.3) is 0 Å². The number of rotatable bonds is 3. The van der Waals surface area contributed by atoms with E-state index in [1.54, 1.807) is 4.31 Å². The quantitative estimate of drug-likeness (QED) is 0.873. The average molecular weight is 301 g/mol. The second-order valence-corrected chi connectivity index (χ2v) is 7.60. The first-order valence-corrected chi connectivity index (χ1v) is 8.79. The van der Waals surface area contributed by atoms with Crippen molar-refractivity contribution in [2.45, 2.75) is 19.1 Å². The highest BCUT2D eigenvalue weighted by Crippen LogP contribution is 2.32. The van der Waals surface area contributed by atoms with Gasteiger partial charge in [-0.15, -0.1) is 0 Å². The van der Waals surface area contributed by atoms with Crippen molar-refractivity contribution in [1.29, 1.82) is 0 Å². The van der Waals surface area contributed by atoms with Crippen LogP contribution >= 0.6 is 0 Å². The van der Waals surface area contributed by atoms with Gasteiger partial charge < -0.3 is 0 Å². The van der Waals surface area contributed by atoms with Gasteiger partial charge >= 0.3 is 0 Å². The topological polar surface area (TPSA) is 37.4 Å². The van der Waals surface area contributed by atoms with Gasteiger partial charge in [0.05, 0.1) is 11.4 Å². The summed E-state index contributed by atoms with van der Waals surface area (Å²) < 4.78 is 27.2. The standard InChI is InChI=1S/C17H19NO2S/c1-14-11-16-9-5-6-10-17(16)18(12-14)21(19,20)13-15-7-3-2-4-8-15/h2-10,14H,11-13H2,1H3. The van der Waals surface area contributed by atoms with Crippen LogP contribution in [0.4, 0.5) is 5.69 Å². The first-order valence-electron chi connectivity index (χ1n) is 7.18. The monoisotopic (exact) mass is 301 g/mol. The zero-order valence-corrected chi connectivity index (χ0v) is 12.9. The minimum atomic E-state index is -3.35. The number of fused-ring (bicyclic) bond motifs is 1. The van der Waals surface area contributed by atoms with Crippen LogP contribution in [-0.4, -0.2) is 15.0 Å². The summed E-state index contributed by atoms with van der Waals surface area (Å²) in [6, 6.07) is 17.2. The van der Waals surface area contributed by atoms with Crippen molar-refractivity contribution < 1.29 is 8.42 Å². The lowest BCUT2D eigenvalue weighted by atomic mass is 9.96. The van der Waals surface area contributed by atoms with Crippen molar-refractivity contribution in [2.75, 3.05) is 10.8 Å². The predicted molar refractivity (Wildman–Crippen MR) is 85.7 cm³/mol. The number of hydrogen-bond acceptors (Lipinski definition) is 2. The molecule has 110 valence electrons. The molecule has 1 heterocycles. The van der Waals surface area contributed by atoms with Gasteiger partial charge in [-0.2, -0.15) is 0 Å². The van der Waals surface area contributed by atoms with Crippen molar-refractivity contribution in [3.8, 4) is 0 Å². The molecule has 0 aliphatic carbocycles. The third-order valence-electron chi connectivity index (χ3n) is 3.83. The van der Waals surface area contributed by atoms with Gasteiger partial charge in [-0.1, -0.05) is 55.5 Å². The molecule has 0 aromatic heterocycles. The molecule has 3 rings (SSSR count). The molecule has 0 bridgehead atoms. The maximum Gasteiger partial charge on any atom is 0.239 e. The number of nitrogens with zero attached hydrogens (tertiary/aromatic N) is 1. The van der Waals surface area contributed by atoms with Gasteiger partial charge in [0, 0.05) is 6.54 Å². The molecule has 0 radical (unpaired) electrons. The Labute approximate surface area is 126 Å². The highest BCUT2D eigenvalue weighted by molar-refractivity contribution is 7.92. The van der Waals surface area contributed by atoms with Crippen molar-refractivity contribution in [2.24, 2.45) is 5.92 Å². The SMILES string of the molecule is CC1Cc2ccccc2N(S(=O)(=O)Cc2ccccc2)C1. The molecular weight excluding hydrogens is 282 g/mol. The summed E-state index contributed by atoms with van der Waals surface area (Å²) in [5.41, 5.74) is 2.78. The number of para-hydroxylation sites is 1. The predicted octanol–water partition coefficient (Wildman–Crippen LogP) is 3.22. The Hall–Kier alpha value is -1.81. The van der Waals surface area contributed by atoms with Crippen LogP contribution < -0.4 is 4.31 Å². The summed E-state index contributed by atoms with van der Waals surface area (Å²) in [6.07, 6.45) is 0.938. The van der Waals surface area contributed by atoms with Gasteiger partial charge in [-0.25, -0.2) is 8.42 Å². The Morgan fingerprint density at radius 2 is 1.71 bits per heavy atom. The van der Waals surface area contributed by atoms with Gasteiger partial charge in [-0.05, 0) is 29.5 Å². The summed E-state index contributed by atoms with van der Waals surface area (Å²) in [4.78, 5) is 0. The molecule has 2 aromatic rings. The normalized spacial score (nSPS) is 18.3. The van der Waals surface area contributed by atoms with E-state index in [2.05, 4.69) is 6.92 Å². The summed E-state index contributed by atoms with van der Waals surface area (Å²) >= 11 is 0. The Bertz CT molecular complexity index is 725. The zero-order valence-electron chi connectivity index (χ0n) is 12.1. The molecule has 1 aliphatic rings. The number of benzene rings is 2. The molecule has 0 saturated carbocycles. The van der Waals surface area contributed by atoms with Crippen molar-refractivity contribution >= 4 is 15.7 Å². The van der Waals surface area contributed by atoms with E-state index < -0.39 is 10.0 Å². The molecule has 0 fully saturated rings. The zero-order chi connectivity index (χ0) is 14.9. The van der Waals surface area contributed by atoms with Gasteiger partial charge in [0.15, 0.2) is 0 Å². The Morgan fingerprint density at radius 3 is 2.48 bits per heavy atom. The Balaban J connectivity index is 1.96. The summed E-state index contributed by atoms with van der Waals surface area (Å²) in [5, 5.41) is 0. The van der Waals surface area contributed by atoms with Gasteiger partial charge in [0.1, 0.15) is 0 Å². The van der Waals surface area contributed by atoms with E-state index in [1.165, 1.54) is 0 Å². The van der Waals surface area contributed by atoms with E-state index in [-0.39, 0.29) is 5.75 Å². The van der Waals surface area contributed by atoms with Crippen LogP contribution in [0.15, 0.2) is 54.6 Å². The lowest BCUT2D eigenvalue weighted by molar-refractivity contribution is 0.544. The lowest BCUT2D eigenvalue weighted by Gasteiger charge is -2.34. The molecule has 2 aromatic carbocycles. The van der Waals surface area contributed by atoms with Crippen LogP contribution in [-0.2, 0) is 22.2 Å².